The van der Waals surface area contributed by atoms with Crippen LogP contribution < -0.4 is 16.2 Å². The van der Waals surface area contributed by atoms with Gasteiger partial charge in [0.15, 0.2) is 0 Å². The molecule has 35 heavy (non-hydrogen) atoms. The first-order valence-corrected chi connectivity index (χ1v) is 13.3. The fourth-order valence-corrected chi connectivity index (χ4v) is 6.46. The summed E-state index contributed by atoms with van der Waals surface area (Å²) in [6, 6.07) is -0.669. The van der Waals surface area contributed by atoms with Gasteiger partial charge in [-0.05, 0) is 57.3 Å². The molecule has 200 valence electrons. The fourth-order valence-electron chi connectivity index (χ4n) is 6.06. The van der Waals surface area contributed by atoms with Crippen LogP contribution in [0.1, 0.15) is 70.6 Å². The number of hydrogen-bond acceptors (Lipinski definition) is 4. The van der Waals surface area contributed by atoms with E-state index in [2.05, 4.69) is 21.2 Å². The quantitative estimate of drug-likeness (QED) is 0.213. The Hall–Kier alpha value is -1.00. The van der Waals surface area contributed by atoms with Gasteiger partial charge in [0.25, 0.3) is 0 Å². The molecule has 4 rings (SSSR count). The molecular weight excluding hydrogens is 491 g/mol. The number of nitrogens with one attached hydrogen (secondary N) is 3. The van der Waals surface area contributed by atoms with Crippen LogP contribution in [-0.2, 0) is 4.79 Å². The van der Waals surface area contributed by atoms with Crippen molar-refractivity contribution in [3.8, 4) is 0 Å². The Balaban J connectivity index is 1.40. The highest BCUT2D eigenvalue weighted by atomic mass is 35.5. The van der Waals surface area contributed by atoms with Crippen LogP contribution >= 0.6 is 11.6 Å². The van der Waals surface area contributed by atoms with Crippen LogP contribution in [0, 0.1) is 11.8 Å². The number of halogens is 6. The Morgan fingerprint density at radius 3 is 2.23 bits per heavy atom. The summed E-state index contributed by atoms with van der Waals surface area (Å²) < 4.78 is 69.3. The van der Waals surface area contributed by atoms with Crippen molar-refractivity contribution in [2.24, 2.45) is 16.8 Å². The number of amidine groups is 1. The number of amides is 1. The highest BCUT2D eigenvalue weighted by Gasteiger charge is 2.39. The first kappa shape index (κ1) is 27.0. The summed E-state index contributed by atoms with van der Waals surface area (Å²) in [7, 11) is 0. The number of rotatable bonds is 5. The molecule has 4 aliphatic rings. The number of nitrogens with zero attached hydrogens (tertiary/aromatic N) is 1. The summed E-state index contributed by atoms with van der Waals surface area (Å²) in [5, 5.41) is 2.46. The number of alkyl halides is 6. The Kier molecular flexibility index (Phi) is 9.30. The molecule has 5 nitrogen and oxygen atoms in total. The van der Waals surface area contributed by atoms with E-state index in [-0.39, 0.29) is 61.9 Å². The number of carbonyl (C=O) groups excluding carboxylic acids is 1. The molecule has 1 saturated heterocycles. The first-order valence-electron chi connectivity index (χ1n) is 12.9. The van der Waals surface area contributed by atoms with E-state index in [0.717, 1.165) is 0 Å². The summed E-state index contributed by atoms with van der Waals surface area (Å²) in [6.07, 6.45) is -4.10. The number of carbonyl (C=O) groups is 1. The molecule has 3 N–H and O–H groups in total. The molecule has 1 aliphatic heterocycles. The lowest BCUT2D eigenvalue weighted by atomic mass is 9.80. The minimum absolute atomic E-state index is 0.00584. The summed E-state index contributed by atoms with van der Waals surface area (Å²) in [5.41, 5.74) is 6.29. The molecule has 10 atom stereocenters. The number of aliphatic imine (C=N–C) groups is 1. The van der Waals surface area contributed by atoms with Crippen molar-refractivity contribution in [1.29, 1.82) is 0 Å². The standard InChI is InChI=1S/C24H36ClF5N4O/c25-14-6-17(28)9-18(7-14)31-23(32-24(35)12-1-2-20(29)21(30)5-12)11-19-10-22(34-33-19)13-3-15(26)8-16(27)4-13/h12-22,33-34H,1-11H2,(H,31,32,35). The van der Waals surface area contributed by atoms with Gasteiger partial charge < -0.3 is 5.32 Å². The Labute approximate surface area is 208 Å². The van der Waals surface area contributed by atoms with Crippen LogP contribution in [0.2, 0.25) is 0 Å². The Morgan fingerprint density at radius 2 is 1.54 bits per heavy atom. The highest BCUT2D eigenvalue weighted by molar-refractivity contribution is 6.20. The van der Waals surface area contributed by atoms with Crippen molar-refractivity contribution in [2.45, 2.75) is 125 Å². The van der Waals surface area contributed by atoms with Crippen LogP contribution in [0.25, 0.3) is 0 Å². The summed E-state index contributed by atoms with van der Waals surface area (Å²) >= 11 is 6.19. The first-order chi connectivity index (χ1) is 16.7. The second kappa shape index (κ2) is 12.0. The monoisotopic (exact) mass is 526 g/mol. The van der Waals surface area contributed by atoms with E-state index < -0.39 is 48.7 Å². The molecule has 1 amide bonds. The minimum Gasteiger partial charge on any atom is -0.314 e. The lowest BCUT2D eigenvalue weighted by Crippen LogP contribution is -2.44. The molecule has 0 bridgehead atoms. The van der Waals surface area contributed by atoms with Crippen molar-refractivity contribution >= 4 is 23.3 Å². The van der Waals surface area contributed by atoms with Crippen molar-refractivity contribution < 1.29 is 26.7 Å². The van der Waals surface area contributed by atoms with E-state index in [1.165, 1.54) is 0 Å². The maximum absolute atomic E-state index is 14.1. The predicted molar refractivity (Wildman–Crippen MR) is 125 cm³/mol. The zero-order valence-electron chi connectivity index (χ0n) is 19.8. The van der Waals surface area contributed by atoms with Crippen molar-refractivity contribution in [1.82, 2.24) is 16.2 Å². The topological polar surface area (TPSA) is 65.5 Å². The van der Waals surface area contributed by atoms with Gasteiger partial charge in [-0.3, -0.25) is 20.6 Å². The zero-order valence-corrected chi connectivity index (χ0v) is 20.5. The molecule has 0 aromatic rings. The van der Waals surface area contributed by atoms with Gasteiger partial charge in [0.1, 0.15) is 36.7 Å². The molecule has 3 saturated carbocycles. The predicted octanol–water partition coefficient (Wildman–Crippen LogP) is 4.58. The molecular formula is C24H36ClF5N4O. The average molecular weight is 527 g/mol. The van der Waals surface area contributed by atoms with Crippen LogP contribution in [0.3, 0.4) is 0 Å². The molecule has 0 aromatic carbocycles. The zero-order chi connectivity index (χ0) is 25.1. The Bertz CT molecular complexity index is 743. The van der Waals surface area contributed by atoms with Gasteiger partial charge in [-0.15, -0.1) is 11.6 Å². The van der Waals surface area contributed by atoms with Crippen LogP contribution in [0.4, 0.5) is 22.0 Å². The third kappa shape index (κ3) is 7.51. The largest absolute Gasteiger partial charge is 0.314 e. The second-order valence-corrected chi connectivity index (χ2v) is 11.5. The van der Waals surface area contributed by atoms with Gasteiger partial charge in [0.2, 0.25) is 5.91 Å². The van der Waals surface area contributed by atoms with Gasteiger partial charge in [-0.25, -0.2) is 22.0 Å². The number of hydrogen-bond donors (Lipinski definition) is 3. The smallest absolute Gasteiger partial charge is 0.228 e. The van der Waals surface area contributed by atoms with Gasteiger partial charge in [-0.1, -0.05) is 0 Å². The fraction of sp³-hybridized carbons (Fsp3) is 0.917. The van der Waals surface area contributed by atoms with Gasteiger partial charge in [0.05, 0.1) is 6.04 Å². The Morgan fingerprint density at radius 1 is 0.829 bits per heavy atom. The van der Waals surface area contributed by atoms with E-state index in [1.54, 1.807) is 0 Å². The van der Waals surface area contributed by atoms with Crippen LogP contribution in [0.5, 0.6) is 0 Å². The maximum Gasteiger partial charge on any atom is 0.228 e. The maximum atomic E-state index is 14.1. The van der Waals surface area contributed by atoms with Crippen molar-refractivity contribution in [3.63, 3.8) is 0 Å². The van der Waals surface area contributed by atoms with E-state index in [4.69, 9.17) is 11.6 Å². The SMILES string of the molecule is O=C(NC(CC1CC(C2CC(F)CC(F)C2)NN1)=NC1CC(F)CC(Cl)C1)C1CCC(F)C(F)C1. The van der Waals surface area contributed by atoms with E-state index in [1.807, 2.05) is 0 Å². The molecule has 0 radical (unpaired) electrons. The summed E-state index contributed by atoms with van der Waals surface area (Å²) in [5.74, 6) is -0.855. The molecule has 0 spiro atoms. The van der Waals surface area contributed by atoms with Crippen molar-refractivity contribution in [3.05, 3.63) is 0 Å². The van der Waals surface area contributed by atoms with Gasteiger partial charge in [-0.2, -0.15) is 0 Å². The average Bonchev–Trinajstić information content (AvgIpc) is 3.22. The number of hydrazine groups is 1. The molecule has 11 heteroatoms. The molecule has 10 unspecified atom stereocenters. The molecule has 0 aromatic heterocycles. The second-order valence-electron chi connectivity index (χ2n) is 10.9. The van der Waals surface area contributed by atoms with E-state index in [0.29, 0.717) is 37.9 Å². The van der Waals surface area contributed by atoms with E-state index >= 15 is 0 Å². The summed E-state index contributed by atoms with van der Waals surface area (Å²) in [4.78, 5) is 17.5. The minimum atomic E-state index is -1.67. The third-order valence-electron chi connectivity index (χ3n) is 7.89. The highest BCUT2D eigenvalue weighted by Crippen LogP contribution is 2.34. The summed E-state index contributed by atoms with van der Waals surface area (Å²) in [6.45, 7) is 0. The van der Waals surface area contributed by atoms with E-state index in [9.17, 15) is 26.7 Å². The van der Waals surface area contributed by atoms with Crippen molar-refractivity contribution in [2.75, 3.05) is 0 Å². The lowest BCUT2D eigenvalue weighted by molar-refractivity contribution is -0.125. The molecule has 3 aliphatic carbocycles. The molecule has 1 heterocycles. The van der Waals surface area contributed by atoms with Gasteiger partial charge >= 0.3 is 0 Å². The third-order valence-corrected chi connectivity index (χ3v) is 8.24. The lowest BCUT2D eigenvalue weighted by Gasteiger charge is -2.31. The van der Waals surface area contributed by atoms with Gasteiger partial charge in [0, 0.05) is 42.6 Å². The van der Waals surface area contributed by atoms with Crippen LogP contribution in [0.15, 0.2) is 4.99 Å². The molecule has 4 fully saturated rings. The van der Waals surface area contributed by atoms with Crippen LogP contribution in [-0.4, -0.2) is 66.1 Å². The normalized spacial score (nSPS) is 45.3.